The van der Waals surface area contributed by atoms with Gasteiger partial charge in [-0.25, -0.2) is 14.8 Å². The minimum Gasteiger partial charge on any atom is -0.481 e. The van der Waals surface area contributed by atoms with Gasteiger partial charge in [0.25, 0.3) is 0 Å². The topological polar surface area (TPSA) is 125 Å². The summed E-state index contributed by atoms with van der Waals surface area (Å²) >= 11 is 0. The Kier molecular flexibility index (Phi) is 8.09. The Bertz CT molecular complexity index is 939. The molecule has 1 aromatic carbocycles. The average molecular weight is 441 g/mol. The molecule has 2 aromatic rings. The lowest BCUT2D eigenvalue weighted by Gasteiger charge is -2.24. The van der Waals surface area contributed by atoms with Gasteiger partial charge in [-0.15, -0.1) is 0 Å². The summed E-state index contributed by atoms with van der Waals surface area (Å²) < 4.78 is 4.73. The zero-order valence-corrected chi connectivity index (χ0v) is 17.9. The lowest BCUT2D eigenvalue weighted by Crippen LogP contribution is -2.38. The molecule has 10 nitrogen and oxygen atoms in total. The van der Waals surface area contributed by atoms with Gasteiger partial charge in [-0.1, -0.05) is 12.1 Å². The first-order chi connectivity index (χ1) is 15.5. The number of nitrogens with one attached hydrogen (secondary N) is 1. The molecule has 32 heavy (non-hydrogen) atoms. The number of ether oxygens (including phenoxy) is 1. The van der Waals surface area contributed by atoms with E-state index < -0.39 is 23.8 Å². The first-order valence-electron chi connectivity index (χ1n) is 10.4. The molecule has 1 fully saturated rings. The number of carbonyl (C=O) groups is 3. The normalized spacial score (nSPS) is 15.5. The molecule has 0 saturated carbocycles. The number of methoxy groups -OCH3 is 1. The number of aromatic nitrogens is 2. The Balaban J connectivity index is 1.58. The number of rotatable bonds is 8. The Hall–Kier alpha value is -3.53. The van der Waals surface area contributed by atoms with Crippen LogP contribution in [0, 0.1) is 5.92 Å². The zero-order chi connectivity index (χ0) is 22.9. The number of carboxylic acid groups (broad SMARTS) is 1. The van der Waals surface area contributed by atoms with E-state index in [0.29, 0.717) is 24.7 Å². The van der Waals surface area contributed by atoms with Gasteiger partial charge in [0.05, 0.1) is 24.3 Å². The largest absolute Gasteiger partial charge is 0.481 e. The maximum absolute atomic E-state index is 12.6. The Morgan fingerprint density at radius 1 is 1.09 bits per heavy atom. The van der Waals surface area contributed by atoms with Crippen molar-refractivity contribution in [3.05, 3.63) is 48.3 Å². The molecule has 1 aliphatic heterocycles. The van der Waals surface area contributed by atoms with Gasteiger partial charge in [-0.3, -0.25) is 9.59 Å². The van der Waals surface area contributed by atoms with Crippen molar-refractivity contribution < 1.29 is 24.2 Å². The summed E-state index contributed by atoms with van der Waals surface area (Å²) in [6, 6.07) is 8.21. The summed E-state index contributed by atoms with van der Waals surface area (Å²) in [5.74, 6) is -2.29. The Morgan fingerprint density at radius 3 is 2.56 bits per heavy atom. The molecule has 1 atom stereocenters. The number of carbonyl (C=O) groups excluding carboxylic acids is 2. The maximum atomic E-state index is 12.6. The van der Waals surface area contributed by atoms with E-state index in [4.69, 9.17) is 4.74 Å². The lowest BCUT2D eigenvalue weighted by molar-refractivity contribution is -0.144. The Labute approximate surface area is 186 Å². The molecule has 0 bridgehead atoms. The van der Waals surface area contributed by atoms with E-state index >= 15 is 0 Å². The third kappa shape index (κ3) is 6.24. The number of aliphatic carboxylic acids is 1. The molecule has 2 N–H and O–H groups in total. The fourth-order valence-electron chi connectivity index (χ4n) is 3.65. The highest BCUT2D eigenvalue weighted by atomic mass is 16.5. The van der Waals surface area contributed by atoms with Gasteiger partial charge in [-0.2, -0.15) is 0 Å². The van der Waals surface area contributed by atoms with Crippen LogP contribution in [-0.4, -0.2) is 77.7 Å². The van der Waals surface area contributed by atoms with E-state index in [1.807, 2.05) is 0 Å². The van der Waals surface area contributed by atoms with Gasteiger partial charge in [-0.05, 0) is 31.2 Å². The number of benzene rings is 1. The molecule has 1 aliphatic rings. The highest BCUT2D eigenvalue weighted by molar-refractivity contribution is 6.01. The van der Waals surface area contributed by atoms with Crippen LogP contribution in [0.5, 0.6) is 0 Å². The van der Waals surface area contributed by atoms with E-state index in [0.717, 1.165) is 19.5 Å². The molecule has 1 amide bonds. The molecule has 170 valence electrons. The number of hydrogen-bond donors (Lipinski definition) is 2. The summed E-state index contributed by atoms with van der Waals surface area (Å²) in [4.78, 5) is 49.0. The predicted octanol–water partition coefficient (Wildman–Crippen LogP) is 1.50. The first-order valence-corrected chi connectivity index (χ1v) is 10.4. The van der Waals surface area contributed by atoms with Crippen LogP contribution in [0.25, 0.3) is 0 Å². The highest BCUT2D eigenvalue weighted by Gasteiger charge is 2.26. The SMILES string of the molecule is COC(=O)c1ccccc1NC(=O)C[C@H](CN1CCCN(c2ncccn2)CC1)C(=O)O. The number of hydrogen-bond acceptors (Lipinski definition) is 8. The second kappa shape index (κ2) is 11.2. The van der Waals surface area contributed by atoms with Crippen molar-refractivity contribution >= 4 is 29.5 Å². The van der Waals surface area contributed by atoms with Crippen LogP contribution < -0.4 is 10.2 Å². The number of carboxylic acids is 1. The van der Waals surface area contributed by atoms with Crippen LogP contribution in [0.4, 0.5) is 11.6 Å². The van der Waals surface area contributed by atoms with Crippen molar-refractivity contribution in [2.45, 2.75) is 12.8 Å². The molecule has 0 radical (unpaired) electrons. The Morgan fingerprint density at radius 2 is 1.84 bits per heavy atom. The fourth-order valence-corrected chi connectivity index (χ4v) is 3.65. The average Bonchev–Trinajstić information content (AvgIpc) is 3.04. The minimum absolute atomic E-state index is 0.202. The van der Waals surface area contributed by atoms with Crippen LogP contribution in [-0.2, 0) is 14.3 Å². The van der Waals surface area contributed by atoms with Crippen LogP contribution in [0.15, 0.2) is 42.7 Å². The lowest BCUT2D eigenvalue weighted by atomic mass is 10.0. The number of esters is 1. The number of nitrogens with zero attached hydrogens (tertiary/aromatic N) is 4. The smallest absolute Gasteiger partial charge is 0.339 e. The molecule has 2 heterocycles. The van der Waals surface area contributed by atoms with E-state index in [9.17, 15) is 19.5 Å². The summed E-state index contributed by atoms with van der Waals surface area (Å²) in [5, 5.41) is 12.3. The maximum Gasteiger partial charge on any atom is 0.339 e. The molecular formula is C22H27N5O5. The third-order valence-electron chi connectivity index (χ3n) is 5.29. The molecular weight excluding hydrogens is 414 g/mol. The van der Waals surface area contributed by atoms with Gasteiger partial charge in [0, 0.05) is 45.0 Å². The molecule has 10 heteroatoms. The van der Waals surface area contributed by atoms with E-state index in [2.05, 4.69) is 25.1 Å². The van der Waals surface area contributed by atoms with Crippen LogP contribution in [0.2, 0.25) is 0 Å². The van der Waals surface area contributed by atoms with Gasteiger partial charge in [0.15, 0.2) is 0 Å². The molecule has 0 unspecified atom stereocenters. The summed E-state index contributed by atoms with van der Waals surface area (Å²) in [5.41, 5.74) is 0.507. The predicted molar refractivity (Wildman–Crippen MR) is 117 cm³/mol. The van der Waals surface area contributed by atoms with Crippen molar-refractivity contribution in [3.8, 4) is 0 Å². The highest BCUT2D eigenvalue weighted by Crippen LogP contribution is 2.18. The third-order valence-corrected chi connectivity index (χ3v) is 5.29. The minimum atomic E-state index is -1.03. The first kappa shape index (κ1) is 23.1. The van der Waals surface area contributed by atoms with E-state index in [-0.39, 0.29) is 18.5 Å². The van der Waals surface area contributed by atoms with Crippen molar-refractivity contribution in [1.29, 1.82) is 0 Å². The second-order valence-electron chi connectivity index (χ2n) is 7.51. The number of anilines is 2. The molecule has 0 spiro atoms. The van der Waals surface area contributed by atoms with Gasteiger partial charge in [0.2, 0.25) is 11.9 Å². The van der Waals surface area contributed by atoms with Crippen molar-refractivity contribution in [1.82, 2.24) is 14.9 Å². The molecule has 1 saturated heterocycles. The van der Waals surface area contributed by atoms with Crippen molar-refractivity contribution in [2.24, 2.45) is 5.92 Å². The van der Waals surface area contributed by atoms with Crippen molar-refractivity contribution in [3.63, 3.8) is 0 Å². The van der Waals surface area contributed by atoms with Crippen LogP contribution in [0.1, 0.15) is 23.2 Å². The zero-order valence-electron chi connectivity index (χ0n) is 17.9. The van der Waals surface area contributed by atoms with Crippen LogP contribution >= 0.6 is 0 Å². The molecule has 3 rings (SSSR count). The van der Waals surface area contributed by atoms with E-state index in [1.165, 1.54) is 13.2 Å². The fraction of sp³-hybridized carbons (Fsp3) is 0.409. The van der Waals surface area contributed by atoms with Crippen molar-refractivity contribution in [2.75, 3.05) is 50.1 Å². The second-order valence-corrected chi connectivity index (χ2v) is 7.51. The van der Waals surface area contributed by atoms with Gasteiger partial charge in [0.1, 0.15) is 0 Å². The number of para-hydroxylation sites is 1. The quantitative estimate of drug-likeness (QED) is 0.586. The monoisotopic (exact) mass is 441 g/mol. The standard InChI is InChI=1S/C22H27N5O5/c1-32-21(31)17-6-2-3-7-18(17)25-19(28)14-16(20(29)30)15-26-10-5-11-27(13-12-26)22-23-8-4-9-24-22/h2-4,6-9,16H,5,10-15H2,1H3,(H,25,28)(H,29,30)/t16-/m1/s1. The van der Waals surface area contributed by atoms with Gasteiger partial charge >= 0.3 is 11.9 Å². The summed E-state index contributed by atoms with van der Waals surface area (Å²) in [7, 11) is 1.26. The summed E-state index contributed by atoms with van der Waals surface area (Å²) in [6.45, 7) is 3.08. The molecule has 1 aromatic heterocycles. The summed E-state index contributed by atoms with van der Waals surface area (Å²) in [6.07, 6.45) is 4.03. The molecule has 0 aliphatic carbocycles. The van der Waals surface area contributed by atoms with Crippen LogP contribution in [0.3, 0.4) is 0 Å². The number of amides is 1. The van der Waals surface area contributed by atoms with E-state index in [1.54, 1.807) is 36.7 Å². The van der Waals surface area contributed by atoms with Gasteiger partial charge < -0.3 is 25.0 Å².